The van der Waals surface area contributed by atoms with Gasteiger partial charge in [-0.15, -0.1) is 0 Å². The van der Waals surface area contributed by atoms with Crippen molar-refractivity contribution in [2.75, 3.05) is 0 Å². The number of unbranched alkanes of at least 4 members (excludes halogenated alkanes) is 2. The van der Waals surface area contributed by atoms with Gasteiger partial charge in [0.15, 0.2) is 0 Å². The van der Waals surface area contributed by atoms with Gasteiger partial charge in [-0.25, -0.2) is 0 Å². The average Bonchev–Trinajstić information content (AvgIpc) is 2.01. The molecule has 0 aromatic rings. The predicted octanol–water partition coefficient (Wildman–Crippen LogP) is 3.75. The zero-order chi connectivity index (χ0) is 10.3. The van der Waals surface area contributed by atoms with Crippen LogP contribution in [0.4, 0.5) is 0 Å². The first-order chi connectivity index (χ1) is 5.95. The van der Waals surface area contributed by atoms with E-state index in [1.165, 1.54) is 25.7 Å². The molecule has 1 unspecified atom stereocenters. The lowest BCUT2D eigenvalue weighted by atomic mass is 9.89. The largest absolute Gasteiger partial charge is 0.393 e. The maximum absolute atomic E-state index is 9.32. The lowest BCUT2D eigenvalue weighted by Gasteiger charge is -2.17. The maximum Gasteiger partial charge on any atom is 0.0537 e. The molecule has 1 N–H and O–H groups in total. The van der Waals surface area contributed by atoms with Crippen LogP contribution in [0, 0.1) is 5.41 Å². The lowest BCUT2D eigenvalue weighted by molar-refractivity contribution is 0.156. The zero-order valence-corrected chi connectivity index (χ0v) is 9.77. The fraction of sp³-hybridized carbons (Fsp3) is 1.00. The zero-order valence-electron chi connectivity index (χ0n) is 9.77. The van der Waals surface area contributed by atoms with Gasteiger partial charge in [0.25, 0.3) is 0 Å². The molecule has 0 aliphatic rings. The first kappa shape index (κ1) is 13.0. The summed E-state index contributed by atoms with van der Waals surface area (Å²) >= 11 is 0. The van der Waals surface area contributed by atoms with Gasteiger partial charge in [-0.1, -0.05) is 47.0 Å². The molecule has 0 aromatic heterocycles. The van der Waals surface area contributed by atoms with Gasteiger partial charge in [0.2, 0.25) is 0 Å². The van der Waals surface area contributed by atoms with Crippen LogP contribution in [-0.4, -0.2) is 11.2 Å². The highest BCUT2D eigenvalue weighted by molar-refractivity contribution is 4.61. The molecule has 0 radical (unpaired) electrons. The first-order valence-electron chi connectivity index (χ1n) is 5.64. The van der Waals surface area contributed by atoms with Crippen LogP contribution in [0.2, 0.25) is 0 Å². The molecule has 0 saturated heterocycles. The van der Waals surface area contributed by atoms with Gasteiger partial charge in [-0.2, -0.15) is 0 Å². The molecule has 80 valence electrons. The topological polar surface area (TPSA) is 20.2 Å². The van der Waals surface area contributed by atoms with Crippen molar-refractivity contribution >= 4 is 0 Å². The monoisotopic (exact) mass is 186 g/mol. The van der Waals surface area contributed by atoms with E-state index in [1.54, 1.807) is 0 Å². The highest BCUT2D eigenvalue weighted by Gasteiger charge is 2.09. The maximum atomic E-state index is 9.32. The van der Waals surface area contributed by atoms with Crippen molar-refractivity contribution in [3.63, 3.8) is 0 Å². The molecular weight excluding hydrogens is 160 g/mol. The quantitative estimate of drug-likeness (QED) is 0.626. The molecule has 0 amide bonds. The van der Waals surface area contributed by atoms with Crippen LogP contribution < -0.4 is 0 Å². The van der Waals surface area contributed by atoms with Crippen LogP contribution in [0.15, 0.2) is 0 Å². The summed E-state index contributed by atoms with van der Waals surface area (Å²) in [6, 6.07) is 0. The van der Waals surface area contributed by atoms with Gasteiger partial charge in [0.1, 0.15) is 0 Å². The van der Waals surface area contributed by atoms with Crippen LogP contribution in [-0.2, 0) is 0 Å². The Bertz CT molecular complexity index is 113. The molecule has 0 bridgehead atoms. The van der Waals surface area contributed by atoms with Crippen molar-refractivity contribution < 1.29 is 5.11 Å². The minimum atomic E-state index is -0.0605. The van der Waals surface area contributed by atoms with E-state index >= 15 is 0 Å². The second kappa shape index (κ2) is 6.42. The van der Waals surface area contributed by atoms with Gasteiger partial charge in [0.05, 0.1) is 6.10 Å². The molecule has 0 aromatic carbocycles. The fourth-order valence-corrected chi connectivity index (χ4v) is 1.42. The van der Waals surface area contributed by atoms with Crippen LogP contribution in [0.1, 0.15) is 66.2 Å². The number of rotatable bonds is 6. The minimum absolute atomic E-state index is 0.0605. The SMILES string of the molecule is CCC(O)CCCCCC(C)(C)C. The van der Waals surface area contributed by atoms with Crippen LogP contribution in [0.5, 0.6) is 0 Å². The van der Waals surface area contributed by atoms with Gasteiger partial charge < -0.3 is 5.11 Å². The molecule has 0 fully saturated rings. The Kier molecular flexibility index (Phi) is 6.40. The molecule has 1 atom stereocenters. The molecular formula is C12H26O. The van der Waals surface area contributed by atoms with Gasteiger partial charge >= 0.3 is 0 Å². The van der Waals surface area contributed by atoms with E-state index in [0.717, 1.165) is 12.8 Å². The third-order valence-electron chi connectivity index (χ3n) is 2.44. The Hall–Kier alpha value is -0.0400. The summed E-state index contributed by atoms with van der Waals surface area (Å²) in [5.74, 6) is 0. The van der Waals surface area contributed by atoms with Gasteiger partial charge in [0, 0.05) is 0 Å². The number of aliphatic hydroxyl groups excluding tert-OH is 1. The molecule has 13 heavy (non-hydrogen) atoms. The normalized spacial score (nSPS) is 14.5. The Balaban J connectivity index is 3.18. The van der Waals surface area contributed by atoms with Crippen LogP contribution in [0.25, 0.3) is 0 Å². The summed E-state index contributed by atoms with van der Waals surface area (Å²) in [6.07, 6.45) is 6.89. The Morgan fingerprint density at radius 3 is 2.15 bits per heavy atom. The third-order valence-corrected chi connectivity index (χ3v) is 2.44. The Morgan fingerprint density at radius 1 is 1.08 bits per heavy atom. The number of aliphatic hydroxyl groups is 1. The van der Waals surface area contributed by atoms with E-state index in [4.69, 9.17) is 0 Å². The standard InChI is InChI=1S/C12H26O/c1-5-11(13)9-7-6-8-10-12(2,3)4/h11,13H,5-10H2,1-4H3. The number of hydrogen-bond acceptors (Lipinski definition) is 1. The number of hydrogen-bond donors (Lipinski definition) is 1. The van der Waals surface area contributed by atoms with Crippen molar-refractivity contribution in [3.05, 3.63) is 0 Å². The summed E-state index contributed by atoms with van der Waals surface area (Å²) in [4.78, 5) is 0. The fourth-order valence-electron chi connectivity index (χ4n) is 1.42. The van der Waals surface area contributed by atoms with Gasteiger partial charge in [-0.3, -0.25) is 0 Å². The summed E-state index contributed by atoms with van der Waals surface area (Å²) in [5.41, 5.74) is 0.476. The summed E-state index contributed by atoms with van der Waals surface area (Å²) in [5, 5.41) is 9.32. The molecule has 1 heteroatoms. The summed E-state index contributed by atoms with van der Waals surface area (Å²) in [7, 11) is 0. The van der Waals surface area contributed by atoms with Crippen molar-refractivity contribution in [1.82, 2.24) is 0 Å². The van der Waals surface area contributed by atoms with E-state index in [2.05, 4.69) is 20.8 Å². The molecule has 0 spiro atoms. The van der Waals surface area contributed by atoms with E-state index in [-0.39, 0.29) is 6.10 Å². The molecule has 0 saturated carbocycles. The van der Waals surface area contributed by atoms with Crippen molar-refractivity contribution in [2.45, 2.75) is 72.3 Å². The van der Waals surface area contributed by atoms with Crippen molar-refractivity contribution in [1.29, 1.82) is 0 Å². The van der Waals surface area contributed by atoms with E-state index < -0.39 is 0 Å². The molecule has 0 aliphatic heterocycles. The average molecular weight is 186 g/mol. The van der Waals surface area contributed by atoms with E-state index in [0.29, 0.717) is 5.41 Å². The van der Waals surface area contributed by atoms with Crippen molar-refractivity contribution in [3.8, 4) is 0 Å². The van der Waals surface area contributed by atoms with E-state index in [1.807, 2.05) is 6.92 Å². The Morgan fingerprint density at radius 2 is 1.69 bits per heavy atom. The highest BCUT2D eigenvalue weighted by atomic mass is 16.3. The second-order valence-corrected chi connectivity index (χ2v) is 5.22. The summed E-state index contributed by atoms with van der Waals surface area (Å²) < 4.78 is 0. The smallest absolute Gasteiger partial charge is 0.0537 e. The van der Waals surface area contributed by atoms with Gasteiger partial charge in [-0.05, 0) is 24.7 Å². The second-order valence-electron chi connectivity index (χ2n) is 5.22. The minimum Gasteiger partial charge on any atom is -0.393 e. The molecule has 0 aliphatic carbocycles. The predicted molar refractivity (Wildman–Crippen MR) is 58.8 cm³/mol. The van der Waals surface area contributed by atoms with Crippen molar-refractivity contribution in [2.24, 2.45) is 5.41 Å². The van der Waals surface area contributed by atoms with Crippen LogP contribution in [0.3, 0.4) is 0 Å². The van der Waals surface area contributed by atoms with E-state index in [9.17, 15) is 5.11 Å². The molecule has 1 nitrogen and oxygen atoms in total. The highest BCUT2D eigenvalue weighted by Crippen LogP contribution is 2.22. The summed E-state index contributed by atoms with van der Waals surface area (Å²) in [6.45, 7) is 8.90. The first-order valence-corrected chi connectivity index (χ1v) is 5.64. The lowest BCUT2D eigenvalue weighted by Crippen LogP contribution is -2.05. The molecule has 0 heterocycles. The van der Waals surface area contributed by atoms with Crippen LogP contribution >= 0.6 is 0 Å². The molecule has 0 rings (SSSR count). The Labute approximate surface area is 83.5 Å². The third kappa shape index (κ3) is 9.88.